The number of aliphatic hydroxyl groups excluding tert-OH is 1. The number of piperidine rings is 1. The first-order chi connectivity index (χ1) is 29.0. The minimum atomic E-state index is -1.45. The Labute approximate surface area is 354 Å². The average Bonchev–Trinajstić information content (AvgIpc) is 3.23. The molecular weight excluding hydrogens is 753 g/mol. The number of ether oxygens (including phenoxy) is 1. The molecule has 3 aromatic rings. The average molecular weight is 815 g/mol. The van der Waals surface area contributed by atoms with Crippen molar-refractivity contribution in [3.05, 3.63) is 94.6 Å². The second-order valence-electron chi connectivity index (χ2n) is 19.1. The van der Waals surface area contributed by atoms with Gasteiger partial charge in [-0.15, -0.1) is 0 Å². The second kappa shape index (κ2) is 15.5. The van der Waals surface area contributed by atoms with Crippen molar-refractivity contribution in [2.75, 3.05) is 27.2 Å². The van der Waals surface area contributed by atoms with Crippen LogP contribution in [-0.4, -0.2) is 69.7 Å². The zero-order valence-electron chi connectivity index (χ0n) is 35.3. The summed E-state index contributed by atoms with van der Waals surface area (Å²) >= 11 is 0. The number of unbranched alkanes of at least 4 members (excludes halogenated alkanes) is 2. The third-order valence-corrected chi connectivity index (χ3v) is 16.4. The third-order valence-electron chi connectivity index (χ3n) is 16.4. The Morgan fingerprint density at radius 2 is 1.77 bits per heavy atom. The molecule has 1 aliphatic heterocycles. The van der Waals surface area contributed by atoms with Gasteiger partial charge in [-0.05, 0) is 109 Å². The summed E-state index contributed by atoms with van der Waals surface area (Å²) in [5.74, 6) is 5.20. The van der Waals surface area contributed by atoms with Gasteiger partial charge in [-0.25, -0.2) is 0 Å². The number of ketones is 1. The van der Waals surface area contributed by atoms with Gasteiger partial charge in [-0.3, -0.25) is 4.79 Å². The highest BCUT2D eigenvalue weighted by atomic mass is 16.5. The van der Waals surface area contributed by atoms with E-state index in [-0.39, 0.29) is 65.5 Å². The summed E-state index contributed by atoms with van der Waals surface area (Å²) in [6, 6.07) is 17.1. The molecule has 0 radical (unpaired) electrons. The van der Waals surface area contributed by atoms with Crippen molar-refractivity contribution in [1.82, 2.24) is 10.6 Å². The lowest BCUT2D eigenvalue weighted by Gasteiger charge is -2.79. The molecule has 11 atom stereocenters. The van der Waals surface area contributed by atoms with Gasteiger partial charge in [0, 0.05) is 65.5 Å². The summed E-state index contributed by atoms with van der Waals surface area (Å²) < 4.78 is 5.62. The van der Waals surface area contributed by atoms with Gasteiger partial charge in [-0.1, -0.05) is 86.9 Å². The van der Waals surface area contributed by atoms with E-state index in [4.69, 9.17) is 4.74 Å². The molecule has 6 aliphatic rings. The fourth-order valence-electron chi connectivity index (χ4n) is 14.3. The molecule has 9 rings (SSSR count). The van der Waals surface area contributed by atoms with Gasteiger partial charge in [-0.2, -0.15) is 0 Å². The molecule has 11 unspecified atom stereocenters. The summed E-state index contributed by atoms with van der Waals surface area (Å²) in [6.45, 7) is 3.07. The van der Waals surface area contributed by atoms with E-state index in [9.17, 15) is 25.5 Å². The van der Waals surface area contributed by atoms with E-state index >= 15 is 4.79 Å². The van der Waals surface area contributed by atoms with Crippen LogP contribution in [0.15, 0.2) is 66.7 Å². The van der Waals surface area contributed by atoms with Gasteiger partial charge in [0.15, 0.2) is 23.0 Å². The van der Waals surface area contributed by atoms with Gasteiger partial charge in [0.2, 0.25) is 0 Å². The van der Waals surface area contributed by atoms with Crippen LogP contribution in [0.4, 0.5) is 0 Å². The Kier molecular flexibility index (Phi) is 10.6. The first-order valence-corrected chi connectivity index (χ1v) is 22.5. The van der Waals surface area contributed by atoms with Crippen molar-refractivity contribution in [2.24, 2.45) is 35.0 Å². The van der Waals surface area contributed by atoms with Gasteiger partial charge in [0.05, 0.1) is 19.3 Å². The zero-order chi connectivity index (χ0) is 42.0. The van der Waals surface area contributed by atoms with Crippen molar-refractivity contribution in [3.63, 3.8) is 0 Å². The Hall–Kier alpha value is -4.33. The van der Waals surface area contributed by atoms with E-state index in [0.717, 1.165) is 67.2 Å². The van der Waals surface area contributed by atoms with Gasteiger partial charge in [0.1, 0.15) is 5.78 Å². The first kappa shape index (κ1) is 41.0. The van der Waals surface area contributed by atoms with Crippen LogP contribution in [-0.2, 0) is 23.2 Å². The van der Waals surface area contributed by atoms with Crippen LogP contribution in [0.25, 0.3) is 0 Å². The second-order valence-corrected chi connectivity index (χ2v) is 19.1. The highest BCUT2D eigenvalue weighted by Crippen LogP contribution is 2.78. The SMILES string of the molecule is CCCCCC1C(=O)CC(c2cc(OC)c(O)cc2CO)C(Cc2ccccc2)C#CC2CNC34CCCC56C=CC3CC1(O)C2C54c1cc(O)c(O)cc1C(CNC)C6. The normalized spacial score (nSPS) is 36.0. The number of rotatable bonds is 11. The predicted molar refractivity (Wildman–Crippen MR) is 231 cm³/mol. The number of phenolic OH excluding ortho intramolecular Hbond substituents is 3. The highest BCUT2D eigenvalue weighted by molar-refractivity contribution is 5.84. The molecule has 9 heteroatoms. The quantitative estimate of drug-likeness (QED) is 0.0465. The fraction of sp³-hybridized carbons (Fsp3) is 0.549. The molecule has 1 saturated heterocycles. The standard InChI is InChI=1S/C51H62N2O7/c1-4-5-7-13-40-42(55)22-37(38-24-46(60-3)45(58)21-34(38)30-54)32(20-31-11-8-6-9-12-31)14-15-33-29-53-50-18-10-17-48-19-16-36(50)27-49(40,59)47(33)51(48,50)41-25-44(57)43(56)23-39(41)35(26-48)28-52-2/h6,8-9,11-12,16,19,21,23-25,32-33,35-37,40,47,52-54,56-59H,4-5,7,10,13,17-18,20,22,26-30H2,1-3H3. The van der Waals surface area contributed by atoms with Crippen molar-refractivity contribution >= 4 is 5.78 Å². The topological polar surface area (TPSA) is 152 Å². The molecule has 5 aliphatic carbocycles. The Morgan fingerprint density at radius 1 is 0.967 bits per heavy atom. The van der Waals surface area contributed by atoms with E-state index in [1.54, 1.807) is 18.2 Å². The molecule has 7 N–H and O–H groups in total. The largest absolute Gasteiger partial charge is 0.504 e. The molecule has 3 aromatic carbocycles. The number of methoxy groups -OCH3 is 1. The molecule has 1 spiro atoms. The van der Waals surface area contributed by atoms with Crippen molar-refractivity contribution in [2.45, 2.75) is 113 Å². The Balaban J connectivity index is 1.33. The lowest BCUT2D eigenvalue weighted by molar-refractivity contribution is -0.245. The van der Waals surface area contributed by atoms with Crippen LogP contribution in [0.3, 0.4) is 0 Å². The smallest absolute Gasteiger partial charge is 0.160 e. The van der Waals surface area contributed by atoms with Gasteiger partial charge < -0.3 is 40.9 Å². The number of aliphatic hydroxyl groups is 2. The number of fused-ring (bicyclic) bond motifs is 1. The molecule has 0 amide bonds. The third kappa shape index (κ3) is 5.91. The molecular formula is C51H62N2O7. The summed E-state index contributed by atoms with van der Waals surface area (Å²) in [5.41, 5.74) is 1.26. The van der Waals surface area contributed by atoms with Crippen molar-refractivity contribution < 1.29 is 35.1 Å². The number of carbonyl (C=O) groups is 1. The lowest BCUT2D eigenvalue weighted by atomic mass is 9.27. The number of hydrogen-bond acceptors (Lipinski definition) is 9. The van der Waals surface area contributed by atoms with Crippen LogP contribution < -0.4 is 15.4 Å². The maximum absolute atomic E-state index is 15.8. The van der Waals surface area contributed by atoms with E-state index in [1.807, 2.05) is 31.3 Å². The Bertz CT molecular complexity index is 2230. The number of carbonyl (C=O) groups excluding carboxylic acids is 1. The summed E-state index contributed by atoms with van der Waals surface area (Å²) in [5, 5.41) is 66.2. The van der Waals surface area contributed by atoms with Crippen LogP contribution in [0, 0.1) is 46.8 Å². The number of nitrogens with one attached hydrogen (secondary N) is 2. The Morgan fingerprint density at radius 3 is 2.52 bits per heavy atom. The number of aromatic hydroxyl groups is 3. The van der Waals surface area contributed by atoms with Crippen LogP contribution in [0.1, 0.15) is 111 Å². The molecule has 3 fully saturated rings. The summed E-state index contributed by atoms with van der Waals surface area (Å²) in [4.78, 5) is 15.8. The number of phenols is 3. The molecule has 9 nitrogen and oxygen atoms in total. The molecule has 1 heterocycles. The van der Waals surface area contributed by atoms with Gasteiger partial charge >= 0.3 is 0 Å². The van der Waals surface area contributed by atoms with Crippen LogP contribution in [0.2, 0.25) is 0 Å². The molecule has 0 aromatic heterocycles. The van der Waals surface area contributed by atoms with Crippen LogP contribution in [0.5, 0.6) is 23.0 Å². The summed E-state index contributed by atoms with van der Waals surface area (Å²) in [6.07, 6.45) is 12.8. The fourth-order valence-corrected chi connectivity index (χ4v) is 14.3. The monoisotopic (exact) mass is 814 g/mol. The summed E-state index contributed by atoms with van der Waals surface area (Å²) in [7, 11) is 3.46. The number of allylic oxidation sites excluding steroid dienone is 1. The van der Waals surface area contributed by atoms with Crippen molar-refractivity contribution in [1.29, 1.82) is 0 Å². The predicted octanol–water partition coefficient (Wildman–Crippen LogP) is 7.13. The number of Topliss-reactive ketones (excluding diaryl/α,β-unsaturated/α-hetero) is 1. The van der Waals surface area contributed by atoms with E-state index < -0.39 is 39.7 Å². The number of benzene rings is 3. The van der Waals surface area contributed by atoms with E-state index in [0.29, 0.717) is 37.9 Å². The maximum atomic E-state index is 15.8. The van der Waals surface area contributed by atoms with E-state index in [2.05, 4.69) is 53.7 Å². The molecule has 5 bridgehead atoms. The van der Waals surface area contributed by atoms with Gasteiger partial charge in [0.25, 0.3) is 0 Å². The molecule has 2 saturated carbocycles. The number of likely N-dealkylation sites (N-methyl/N-ethyl adjacent to an activating group) is 1. The minimum Gasteiger partial charge on any atom is -0.504 e. The van der Waals surface area contributed by atoms with Crippen molar-refractivity contribution in [3.8, 4) is 34.8 Å². The first-order valence-electron chi connectivity index (χ1n) is 22.5. The zero-order valence-corrected chi connectivity index (χ0v) is 35.3. The van der Waals surface area contributed by atoms with Crippen LogP contribution >= 0.6 is 0 Å². The lowest BCUT2D eigenvalue weighted by Crippen LogP contribution is -2.87. The van der Waals surface area contributed by atoms with E-state index in [1.165, 1.54) is 7.11 Å². The minimum absolute atomic E-state index is 0.000151. The highest BCUT2D eigenvalue weighted by Gasteiger charge is 2.81. The molecule has 60 heavy (non-hydrogen) atoms. The molecule has 318 valence electrons. The maximum Gasteiger partial charge on any atom is 0.160 e. The number of hydrogen-bond donors (Lipinski definition) is 7.